The number of benzene rings is 2. The molecule has 0 unspecified atom stereocenters. The molecule has 0 atom stereocenters. The van der Waals surface area contributed by atoms with Gasteiger partial charge in [-0.25, -0.2) is 0 Å². The fourth-order valence-corrected chi connectivity index (χ4v) is 3.59. The molecule has 2 aromatic carbocycles. The van der Waals surface area contributed by atoms with Crippen LogP contribution in [0.3, 0.4) is 0 Å². The summed E-state index contributed by atoms with van der Waals surface area (Å²) in [5.41, 5.74) is 8.83. The molecule has 0 radical (unpaired) electrons. The summed E-state index contributed by atoms with van der Waals surface area (Å²) < 4.78 is 8.10. The smallest absolute Gasteiger partial charge is 0.130 e. The summed E-state index contributed by atoms with van der Waals surface area (Å²) in [6.45, 7) is 4.85. The Morgan fingerprint density at radius 1 is 1.00 bits per heavy atom. The molecule has 0 saturated carbocycles. The van der Waals surface area contributed by atoms with Gasteiger partial charge in [0.25, 0.3) is 0 Å². The second-order valence-corrected chi connectivity index (χ2v) is 6.98. The van der Waals surface area contributed by atoms with Gasteiger partial charge >= 0.3 is 0 Å². The lowest BCUT2D eigenvalue weighted by molar-refractivity contribution is 0.184. The van der Waals surface area contributed by atoms with Crippen LogP contribution in [0.1, 0.15) is 24.8 Å². The van der Waals surface area contributed by atoms with Crippen LogP contribution in [0.2, 0.25) is 0 Å². The van der Waals surface area contributed by atoms with E-state index in [0.717, 1.165) is 42.0 Å². The van der Waals surface area contributed by atoms with E-state index in [4.69, 9.17) is 10.5 Å². The van der Waals surface area contributed by atoms with Crippen molar-refractivity contribution in [2.45, 2.75) is 25.8 Å². The molecule has 1 saturated heterocycles. The van der Waals surface area contributed by atoms with Gasteiger partial charge in [-0.15, -0.1) is 0 Å². The average Bonchev–Trinajstić information content (AvgIpc) is 3.08. The van der Waals surface area contributed by atoms with E-state index in [0.29, 0.717) is 0 Å². The lowest BCUT2D eigenvalue weighted by Crippen LogP contribution is -2.33. The Kier molecular flexibility index (Phi) is 5.07. The van der Waals surface area contributed by atoms with Gasteiger partial charge in [0.05, 0.1) is 23.6 Å². The number of fused-ring (bicyclic) bond motifs is 1. The number of likely N-dealkylation sites (tertiary alicyclic amines) is 1. The van der Waals surface area contributed by atoms with Gasteiger partial charge in [0.15, 0.2) is 0 Å². The molecular formula is C21H26N4O. The van der Waals surface area contributed by atoms with E-state index in [1.165, 1.54) is 37.9 Å². The summed E-state index contributed by atoms with van der Waals surface area (Å²) >= 11 is 0. The van der Waals surface area contributed by atoms with Gasteiger partial charge in [-0.2, -0.15) is 5.10 Å². The third kappa shape index (κ3) is 3.83. The highest BCUT2D eigenvalue weighted by Crippen LogP contribution is 2.26. The SMILES string of the molecule is Nc1ccc(Cn2ncc3c(OCCN4CCCCC4)cccc32)cc1. The Labute approximate surface area is 154 Å². The molecular weight excluding hydrogens is 324 g/mol. The van der Waals surface area contributed by atoms with Crippen LogP contribution in [0.25, 0.3) is 10.9 Å². The van der Waals surface area contributed by atoms with Crippen molar-refractivity contribution in [1.82, 2.24) is 14.7 Å². The van der Waals surface area contributed by atoms with Gasteiger partial charge in [0, 0.05) is 12.2 Å². The van der Waals surface area contributed by atoms with Crippen LogP contribution in [0.4, 0.5) is 5.69 Å². The van der Waals surface area contributed by atoms with Crippen LogP contribution in [-0.2, 0) is 6.54 Å². The van der Waals surface area contributed by atoms with E-state index >= 15 is 0 Å². The number of piperidine rings is 1. The number of hydrogen-bond acceptors (Lipinski definition) is 4. The van der Waals surface area contributed by atoms with E-state index < -0.39 is 0 Å². The monoisotopic (exact) mass is 350 g/mol. The second-order valence-electron chi connectivity index (χ2n) is 6.98. The number of aromatic nitrogens is 2. The molecule has 0 amide bonds. The highest BCUT2D eigenvalue weighted by atomic mass is 16.5. The summed E-state index contributed by atoms with van der Waals surface area (Å²) in [5.74, 6) is 0.920. The Morgan fingerprint density at radius 2 is 1.81 bits per heavy atom. The normalized spacial score (nSPS) is 15.4. The molecule has 5 nitrogen and oxygen atoms in total. The molecule has 0 aliphatic carbocycles. The van der Waals surface area contributed by atoms with Gasteiger partial charge in [-0.05, 0) is 55.8 Å². The molecule has 26 heavy (non-hydrogen) atoms. The predicted molar refractivity (Wildman–Crippen MR) is 105 cm³/mol. The molecule has 1 aliphatic rings. The lowest BCUT2D eigenvalue weighted by Gasteiger charge is -2.26. The maximum absolute atomic E-state index is 6.09. The molecule has 2 heterocycles. The minimum absolute atomic E-state index is 0.723. The first-order valence-electron chi connectivity index (χ1n) is 9.44. The Morgan fingerprint density at radius 3 is 2.62 bits per heavy atom. The third-order valence-electron chi connectivity index (χ3n) is 5.07. The van der Waals surface area contributed by atoms with E-state index in [9.17, 15) is 0 Å². The molecule has 1 aromatic heterocycles. The van der Waals surface area contributed by atoms with Crippen molar-refractivity contribution < 1.29 is 4.74 Å². The van der Waals surface area contributed by atoms with Gasteiger partial charge in [-0.1, -0.05) is 24.6 Å². The highest BCUT2D eigenvalue weighted by Gasteiger charge is 2.11. The van der Waals surface area contributed by atoms with Crippen molar-refractivity contribution in [1.29, 1.82) is 0 Å². The number of nitrogens with zero attached hydrogens (tertiary/aromatic N) is 3. The van der Waals surface area contributed by atoms with Gasteiger partial charge < -0.3 is 10.5 Å². The molecule has 2 N–H and O–H groups in total. The zero-order valence-electron chi connectivity index (χ0n) is 15.1. The number of nitrogens with two attached hydrogens (primary N) is 1. The van der Waals surface area contributed by atoms with Gasteiger partial charge in [0.1, 0.15) is 12.4 Å². The van der Waals surface area contributed by atoms with Crippen LogP contribution in [-0.4, -0.2) is 40.9 Å². The quantitative estimate of drug-likeness (QED) is 0.691. The lowest BCUT2D eigenvalue weighted by atomic mass is 10.1. The predicted octanol–water partition coefficient (Wildman–Crippen LogP) is 3.53. The van der Waals surface area contributed by atoms with Crippen molar-refractivity contribution in [3.8, 4) is 5.75 Å². The summed E-state index contributed by atoms with van der Waals surface area (Å²) in [5, 5.41) is 5.64. The van der Waals surface area contributed by atoms with Crippen molar-refractivity contribution in [2.24, 2.45) is 0 Å². The van der Waals surface area contributed by atoms with E-state index in [1.54, 1.807) is 0 Å². The summed E-state index contributed by atoms with van der Waals surface area (Å²) in [4.78, 5) is 2.49. The molecule has 0 bridgehead atoms. The second kappa shape index (κ2) is 7.79. The number of ether oxygens (including phenoxy) is 1. The molecule has 136 valence electrons. The first-order chi connectivity index (χ1) is 12.8. The number of hydrogen-bond donors (Lipinski definition) is 1. The third-order valence-corrected chi connectivity index (χ3v) is 5.07. The Hall–Kier alpha value is -2.53. The van der Waals surface area contributed by atoms with Crippen LogP contribution < -0.4 is 10.5 Å². The maximum atomic E-state index is 6.09. The fourth-order valence-electron chi connectivity index (χ4n) is 3.59. The van der Waals surface area contributed by atoms with E-state index in [1.807, 2.05) is 47.3 Å². The van der Waals surface area contributed by atoms with Crippen molar-refractivity contribution >= 4 is 16.6 Å². The van der Waals surface area contributed by atoms with E-state index in [2.05, 4.69) is 16.1 Å². The van der Waals surface area contributed by atoms with Crippen molar-refractivity contribution in [3.05, 3.63) is 54.2 Å². The zero-order chi connectivity index (χ0) is 17.8. The van der Waals surface area contributed by atoms with Crippen molar-refractivity contribution in [2.75, 3.05) is 32.0 Å². The fraction of sp³-hybridized carbons (Fsp3) is 0.381. The molecule has 3 aromatic rings. The number of rotatable bonds is 6. The van der Waals surface area contributed by atoms with Crippen LogP contribution in [0.5, 0.6) is 5.75 Å². The molecule has 4 rings (SSSR count). The van der Waals surface area contributed by atoms with Gasteiger partial charge in [-0.3, -0.25) is 9.58 Å². The van der Waals surface area contributed by atoms with Gasteiger partial charge in [0.2, 0.25) is 0 Å². The summed E-state index contributed by atoms with van der Waals surface area (Å²) in [7, 11) is 0. The van der Waals surface area contributed by atoms with Crippen molar-refractivity contribution in [3.63, 3.8) is 0 Å². The average molecular weight is 350 g/mol. The largest absolute Gasteiger partial charge is 0.491 e. The maximum Gasteiger partial charge on any atom is 0.130 e. The zero-order valence-corrected chi connectivity index (χ0v) is 15.1. The topological polar surface area (TPSA) is 56.3 Å². The van der Waals surface area contributed by atoms with E-state index in [-0.39, 0.29) is 0 Å². The summed E-state index contributed by atoms with van der Waals surface area (Å²) in [6, 6.07) is 14.1. The Bertz CT molecular complexity index is 850. The molecule has 1 aliphatic heterocycles. The highest BCUT2D eigenvalue weighted by molar-refractivity contribution is 5.85. The molecule has 0 spiro atoms. The minimum Gasteiger partial charge on any atom is -0.491 e. The number of anilines is 1. The Balaban J connectivity index is 1.45. The van der Waals surface area contributed by atoms with Crippen LogP contribution in [0, 0.1) is 0 Å². The molecule has 5 heteroatoms. The first kappa shape index (κ1) is 16.9. The molecule has 1 fully saturated rings. The van der Waals surface area contributed by atoms with Crippen LogP contribution in [0.15, 0.2) is 48.7 Å². The minimum atomic E-state index is 0.723. The number of nitrogen functional groups attached to an aromatic ring is 1. The van der Waals surface area contributed by atoms with Crippen LogP contribution >= 0.6 is 0 Å². The summed E-state index contributed by atoms with van der Waals surface area (Å²) in [6.07, 6.45) is 5.90. The standard InChI is InChI=1S/C21H26N4O/c22-18-9-7-17(8-10-18)16-25-20-5-4-6-21(19(20)15-23-25)26-14-13-24-11-2-1-3-12-24/h4-10,15H,1-3,11-14,16,22H2. The first-order valence-corrected chi connectivity index (χ1v) is 9.44.